The second-order valence-electron chi connectivity index (χ2n) is 4.18. The molecule has 100 valence electrons. The van der Waals surface area contributed by atoms with Gasteiger partial charge in [-0.2, -0.15) is 0 Å². The number of ether oxygens (including phenoxy) is 1. The van der Waals surface area contributed by atoms with Gasteiger partial charge in [0, 0.05) is 11.9 Å². The highest BCUT2D eigenvalue weighted by Crippen LogP contribution is 2.17. The zero-order valence-electron chi connectivity index (χ0n) is 11.3. The van der Waals surface area contributed by atoms with E-state index in [0.717, 1.165) is 16.7 Å². The molecule has 0 aliphatic carbocycles. The Morgan fingerprint density at radius 2 is 2.00 bits per heavy atom. The molecular formula is C15H18N2O2. The Balaban J connectivity index is 2.22. The largest absolute Gasteiger partial charge is 0.465 e. The SMILES string of the molecule is CCOC(=O)CN(CC)c1ccc2ccccc2n1. The lowest BCUT2D eigenvalue weighted by molar-refractivity contribution is -0.141. The Hall–Kier alpha value is -2.10. The van der Waals surface area contributed by atoms with E-state index < -0.39 is 0 Å². The number of pyridine rings is 1. The third-order valence-electron chi connectivity index (χ3n) is 2.91. The summed E-state index contributed by atoms with van der Waals surface area (Å²) in [5, 5.41) is 1.10. The Morgan fingerprint density at radius 3 is 2.74 bits per heavy atom. The van der Waals surface area contributed by atoms with Crippen molar-refractivity contribution in [2.75, 3.05) is 24.6 Å². The first-order chi connectivity index (χ1) is 9.24. The second kappa shape index (κ2) is 6.18. The average Bonchev–Trinajstić information content (AvgIpc) is 2.44. The number of fused-ring (bicyclic) bond motifs is 1. The molecule has 0 saturated carbocycles. The average molecular weight is 258 g/mol. The van der Waals surface area contributed by atoms with Gasteiger partial charge in [-0.15, -0.1) is 0 Å². The number of likely N-dealkylation sites (N-methyl/N-ethyl adjacent to an activating group) is 1. The summed E-state index contributed by atoms with van der Waals surface area (Å²) in [5.41, 5.74) is 0.933. The molecule has 19 heavy (non-hydrogen) atoms. The summed E-state index contributed by atoms with van der Waals surface area (Å²) in [6.45, 7) is 5.15. The topological polar surface area (TPSA) is 42.4 Å². The van der Waals surface area contributed by atoms with Gasteiger partial charge in [0.15, 0.2) is 0 Å². The van der Waals surface area contributed by atoms with Crippen LogP contribution in [0.4, 0.5) is 5.82 Å². The summed E-state index contributed by atoms with van der Waals surface area (Å²) >= 11 is 0. The molecule has 0 aliphatic heterocycles. The molecule has 0 saturated heterocycles. The molecule has 0 aliphatic rings. The molecule has 4 nitrogen and oxygen atoms in total. The third-order valence-corrected chi connectivity index (χ3v) is 2.91. The normalized spacial score (nSPS) is 10.4. The van der Waals surface area contributed by atoms with Gasteiger partial charge < -0.3 is 9.64 Å². The van der Waals surface area contributed by atoms with Crippen LogP contribution in [0, 0.1) is 0 Å². The van der Waals surface area contributed by atoms with Gasteiger partial charge in [-0.05, 0) is 32.0 Å². The maximum Gasteiger partial charge on any atom is 0.325 e. The highest BCUT2D eigenvalue weighted by Gasteiger charge is 2.12. The van der Waals surface area contributed by atoms with Crippen molar-refractivity contribution >= 4 is 22.7 Å². The zero-order valence-corrected chi connectivity index (χ0v) is 11.3. The van der Waals surface area contributed by atoms with Gasteiger partial charge in [-0.1, -0.05) is 18.2 Å². The van der Waals surface area contributed by atoms with E-state index in [4.69, 9.17) is 4.74 Å². The summed E-state index contributed by atoms with van der Waals surface area (Å²) < 4.78 is 4.97. The molecule has 4 heteroatoms. The zero-order chi connectivity index (χ0) is 13.7. The van der Waals surface area contributed by atoms with Crippen LogP contribution in [-0.2, 0) is 9.53 Å². The first kappa shape index (κ1) is 13.3. The van der Waals surface area contributed by atoms with E-state index in [9.17, 15) is 4.79 Å². The first-order valence-corrected chi connectivity index (χ1v) is 6.51. The Morgan fingerprint density at radius 1 is 1.21 bits per heavy atom. The van der Waals surface area contributed by atoms with Crippen molar-refractivity contribution < 1.29 is 9.53 Å². The van der Waals surface area contributed by atoms with Crippen LogP contribution < -0.4 is 4.90 Å². The van der Waals surface area contributed by atoms with Crippen LogP contribution in [0.15, 0.2) is 36.4 Å². The van der Waals surface area contributed by atoms with Gasteiger partial charge >= 0.3 is 5.97 Å². The fraction of sp³-hybridized carbons (Fsp3) is 0.333. The minimum atomic E-state index is -0.223. The van der Waals surface area contributed by atoms with Crippen LogP contribution in [0.2, 0.25) is 0 Å². The molecule has 0 radical (unpaired) electrons. The van der Waals surface area contributed by atoms with Crippen LogP contribution >= 0.6 is 0 Å². The summed E-state index contributed by atoms with van der Waals surface area (Å²) in [6, 6.07) is 11.9. The molecule has 1 aromatic carbocycles. The maximum atomic E-state index is 11.6. The first-order valence-electron chi connectivity index (χ1n) is 6.51. The highest BCUT2D eigenvalue weighted by atomic mass is 16.5. The number of hydrogen-bond donors (Lipinski definition) is 0. The number of esters is 1. The fourth-order valence-electron chi connectivity index (χ4n) is 1.95. The van der Waals surface area contributed by atoms with Crippen LogP contribution in [0.5, 0.6) is 0 Å². The predicted octanol–water partition coefficient (Wildman–Crippen LogP) is 2.62. The van der Waals surface area contributed by atoms with E-state index in [1.165, 1.54) is 0 Å². The van der Waals surface area contributed by atoms with E-state index in [1.54, 1.807) is 0 Å². The van der Waals surface area contributed by atoms with Crippen molar-refractivity contribution in [3.05, 3.63) is 36.4 Å². The molecule has 1 heterocycles. The number of hydrogen-bond acceptors (Lipinski definition) is 4. The van der Waals surface area contributed by atoms with Gasteiger partial charge in [0.2, 0.25) is 0 Å². The number of carbonyl (C=O) groups excluding carboxylic acids is 1. The maximum absolute atomic E-state index is 11.6. The van der Waals surface area contributed by atoms with Crippen LogP contribution in [0.3, 0.4) is 0 Å². The van der Waals surface area contributed by atoms with Gasteiger partial charge in [-0.25, -0.2) is 4.98 Å². The van der Waals surface area contributed by atoms with Crippen molar-refractivity contribution in [1.82, 2.24) is 4.98 Å². The molecule has 0 atom stereocenters. The van der Waals surface area contributed by atoms with Gasteiger partial charge in [0.1, 0.15) is 12.4 Å². The monoisotopic (exact) mass is 258 g/mol. The van der Waals surface area contributed by atoms with Crippen molar-refractivity contribution in [1.29, 1.82) is 0 Å². The highest BCUT2D eigenvalue weighted by molar-refractivity contribution is 5.81. The van der Waals surface area contributed by atoms with Crippen LogP contribution in [-0.4, -0.2) is 30.6 Å². The quantitative estimate of drug-likeness (QED) is 0.773. The number of aromatic nitrogens is 1. The summed E-state index contributed by atoms with van der Waals surface area (Å²) in [7, 11) is 0. The molecule has 0 unspecified atom stereocenters. The number of benzene rings is 1. The third kappa shape index (κ3) is 3.22. The van der Waals surface area contributed by atoms with E-state index in [1.807, 2.05) is 55.1 Å². The molecule has 0 fully saturated rings. The van der Waals surface area contributed by atoms with Crippen molar-refractivity contribution in [2.45, 2.75) is 13.8 Å². The molecule has 2 aromatic rings. The summed E-state index contributed by atoms with van der Waals surface area (Å²) in [4.78, 5) is 18.0. The second-order valence-corrected chi connectivity index (χ2v) is 4.18. The number of para-hydroxylation sites is 1. The van der Waals surface area contributed by atoms with Gasteiger partial charge in [0.25, 0.3) is 0 Å². The van der Waals surface area contributed by atoms with Gasteiger partial charge in [-0.3, -0.25) is 4.79 Å². The lowest BCUT2D eigenvalue weighted by Crippen LogP contribution is -2.31. The molecular weight excluding hydrogens is 240 g/mol. The minimum Gasteiger partial charge on any atom is -0.465 e. The summed E-state index contributed by atoms with van der Waals surface area (Å²) in [6.07, 6.45) is 0. The minimum absolute atomic E-state index is 0.223. The lowest BCUT2D eigenvalue weighted by atomic mass is 10.2. The molecule has 0 spiro atoms. The van der Waals surface area contributed by atoms with E-state index in [-0.39, 0.29) is 12.5 Å². The van der Waals surface area contributed by atoms with E-state index in [2.05, 4.69) is 4.98 Å². The number of carbonyl (C=O) groups is 1. The van der Waals surface area contributed by atoms with E-state index >= 15 is 0 Å². The smallest absolute Gasteiger partial charge is 0.325 e. The molecule has 1 aromatic heterocycles. The van der Waals surface area contributed by atoms with Crippen molar-refractivity contribution in [2.24, 2.45) is 0 Å². The standard InChI is InChI=1S/C15H18N2O2/c1-3-17(11-15(18)19-4-2)14-10-9-12-7-5-6-8-13(12)16-14/h5-10H,3-4,11H2,1-2H3. The van der Waals surface area contributed by atoms with Crippen molar-refractivity contribution in [3.8, 4) is 0 Å². The lowest BCUT2D eigenvalue weighted by Gasteiger charge is -2.21. The predicted molar refractivity (Wildman–Crippen MR) is 76.3 cm³/mol. The number of anilines is 1. The fourth-order valence-corrected chi connectivity index (χ4v) is 1.95. The Bertz CT molecular complexity index is 569. The number of rotatable bonds is 5. The van der Waals surface area contributed by atoms with Crippen LogP contribution in [0.1, 0.15) is 13.8 Å². The molecule has 2 rings (SSSR count). The van der Waals surface area contributed by atoms with Crippen molar-refractivity contribution in [3.63, 3.8) is 0 Å². The summed E-state index contributed by atoms with van der Waals surface area (Å²) in [5.74, 6) is 0.577. The molecule has 0 N–H and O–H groups in total. The van der Waals surface area contributed by atoms with E-state index in [0.29, 0.717) is 13.2 Å². The Labute approximate surface area is 113 Å². The number of nitrogens with zero attached hydrogens (tertiary/aromatic N) is 2. The molecule has 0 bridgehead atoms. The molecule has 0 amide bonds. The van der Waals surface area contributed by atoms with Gasteiger partial charge in [0.05, 0.1) is 12.1 Å². The Kier molecular flexibility index (Phi) is 4.34. The van der Waals surface area contributed by atoms with Crippen LogP contribution in [0.25, 0.3) is 10.9 Å².